The number of rotatable bonds is 2. The highest BCUT2D eigenvalue weighted by Gasteiger charge is 2.17. The average Bonchev–Trinajstić information content (AvgIpc) is 2.93. The Morgan fingerprint density at radius 3 is 3.06 bits per heavy atom. The van der Waals surface area contributed by atoms with Crippen LogP contribution in [0.1, 0.15) is 11.7 Å². The summed E-state index contributed by atoms with van der Waals surface area (Å²) in [6, 6.07) is 6.91. The third kappa shape index (κ3) is 2.14. The lowest BCUT2D eigenvalue weighted by Crippen LogP contribution is -2.33. The molecule has 1 aromatic carbocycles. The zero-order valence-electron chi connectivity index (χ0n) is 9.84. The average molecular weight is 247 g/mol. The van der Waals surface area contributed by atoms with Crippen LogP contribution in [0, 0.1) is 5.82 Å². The van der Waals surface area contributed by atoms with E-state index in [1.165, 1.54) is 10.7 Å². The van der Waals surface area contributed by atoms with Crippen LogP contribution in [-0.2, 0) is 4.74 Å². The van der Waals surface area contributed by atoms with Gasteiger partial charge in [-0.05, 0) is 23.8 Å². The fourth-order valence-electron chi connectivity index (χ4n) is 2.10. The number of ether oxygens (including phenoxy) is 1. The van der Waals surface area contributed by atoms with Gasteiger partial charge in [-0.25, -0.2) is 9.07 Å². The molecule has 5 heteroatoms. The summed E-state index contributed by atoms with van der Waals surface area (Å²) >= 11 is 0. The van der Waals surface area contributed by atoms with E-state index in [-0.39, 0.29) is 11.9 Å². The molecule has 1 N–H and O–H groups in total. The second-order valence-corrected chi connectivity index (χ2v) is 4.23. The van der Waals surface area contributed by atoms with Gasteiger partial charge in [0.2, 0.25) is 0 Å². The van der Waals surface area contributed by atoms with Crippen LogP contribution < -0.4 is 5.32 Å². The fraction of sp³-hybridized carbons (Fsp3) is 0.308. The molecule has 0 amide bonds. The van der Waals surface area contributed by atoms with Crippen molar-refractivity contribution in [1.29, 1.82) is 0 Å². The maximum Gasteiger partial charge on any atom is 0.149 e. The Kier molecular flexibility index (Phi) is 3.08. The van der Waals surface area contributed by atoms with E-state index in [2.05, 4.69) is 10.4 Å². The summed E-state index contributed by atoms with van der Waals surface area (Å²) in [4.78, 5) is 0. The highest BCUT2D eigenvalue weighted by atomic mass is 19.1. The van der Waals surface area contributed by atoms with Crippen LogP contribution in [0.3, 0.4) is 0 Å². The van der Waals surface area contributed by atoms with E-state index in [0.717, 1.165) is 18.7 Å². The summed E-state index contributed by atoms with van der Waals surface area (Å²) in [6.45, 7) is 2.23. The van der Waals surface area contributed by atoms with Crippen molar-refractivity contribution in [3.8, 4) is 5.69 Å². The lowest BCUT2D eigenvalue weighted by molar-refractivity contribution is 0.0275. The van der Waals surface area contributed by atoms with Gasteiger partial charge in [0.25, 0.3) is 0 Å². The first-order valence-corrected chi connectivity index (χ1v) is 5.96. The van der Waals surface area contributed by atoms with Crippen molar-refractivity contribution in [2.45, 2.75) is 6.10 Å². The molecule has 1 unspecified atom stereocenters. The first kappa shape index (κ1) is 11.4. The molecule has 2 aromatic rings. The van der Waals surface area contributed by atoms with Crippen molar-refractivity contribution in [2.24, 2.45) is 0 Å². The van der Waals surface area contributed by atoms with Crippen molar-refractivity contribution >= 4 is 0 Å². The molecule has 0 radical (unpaired) electrons. The zero-order valence-corrected chi connectivity index (χ0v) is 9.84. The molecule has 2 heterocycles. The number of hydrogen-bond acceptors (Lipinski definition) is 3. The smallest absolute Gasteiger partial charge is 0.149 e. The van der Waals surface area contributed by atoms with Gasteiger partial charge in [0.15, 0.2) is 0 Å². The summed E-state index contributed by atoms with van der Waals surface area (Å²) in [5.74, 6) is -0.287. The van der Waals surface area contributed by atoms with Crippen molar-refractivity contribution in [1.82, 2.24) is 15.1 Å². The van der Waals surface area contributed by atoms with Crippen molar-refractivity contribution in [3.05, 3.63) is 48.0 Å². The van der Waals surface area contributed by atoms with Crippen LogP contribution in [0.15, 0.2) is 36.7 Å². The topological polar surface area (TPSA) is 39.1 Å². The third-order valence-corrected chi connectivity index (χ3v) is 3.02. The molecule has 4 nitrogen and oxygen atoms in total. The maximum absolute atomic E-state index is 14.0. The van der Waals surface area contributed by atoms with E-state index in [0.29, 0.717) is 12.3 Å². The summed E-state index contributed by atoms with van der Waals surface area (Å²) in [7, 11) is 0. The molecule has 1 saturated heterocycles. The largest absolute Gasteiger partial charge is 0.371 e. The quantitative estimate of drug-likeness (QED) is 0.877. The lowest BCUT2D eigenvalue weighted by Gasteiger charge is -2.24. The predicted octanol–water partition coefficient (Wildman–Crippen LogP) is 1.67. The maximum atomic E-state index is 14.0. The lowest BCUT2D eigenvalue weighted by atomic mass is 10.1. The van der Waals surface area contributed by atoms with Crippen molar-refractivity contribution in [2.75, 3.05) is 19.7 Å². The second kappa shape index (κ2) is 4.88. The number of halogens is 1. The molecule has 0 bridgehead atoms. The first-order chi connectivity index (χ1) is 8.84. The number of nitrogens with zero attached hydrogens (tertiary/aromatic N) is 2. The minimum absolute atomic E-state index is 0.0695. The van der Waals surface area contributed by atoms with E-state index < -0.39 is 0 Å². The van der Waals surface area contributed by atoms with Crippen molar-refractivity contribution in [3.63, 3.8) is 0 Å². The monoisotopic (exact) mass is 247 g/mol. The summed E-state index contributed by atoms with van der Waals surface area (Å²) in [5, 5.41) is 7.25. The Morgan fingerprint density at radius 1 is 1.44 bits per heavy atom. The van der Waals surface area contributed by atoms with E-state index in [4.69, 9.17) is 4.74 Å². The standard InChI is InChI=1S/C13H14FN3O/c14-11-8-10(13-9-15-5-7-18-13)2-3-12(11)17-6-1-4-16-17/h1-4,6,8,13,15H,5,7,9H2. The highest BCUT2D eigenvalue weighted by molar-refractivity contribution is 5.36. The highest BCUT2D eigenvalue weighted by Crippen LogP contribution is 2.22. The van der Waals surface area contributed by atoms with Crippen LogP contribution in [0.5, 0.6) is 0 Å². The molecule has 0 spiro atoms. The minimum Gasteiger partial charge on any atom is -0.371 e. The summed E-state index contributed by atoms with van der Waals surface area (Å²) in [5.41, 5.74) is 1.31. The Morgan fingerprint density at radius 2 is 2.39 bits per heavy atom. The molecule has 1 aliphatic rings. The van der Waals surface area contributed by atoms with Gasteiger partial charge in [0.1, 0.15) is 11.5 Å². The Labute approximate surface area is 104 Å². The van der Waals surface area contributed by atoms with Gasteiger partial charge in [0, 0.05) is 25.5 Å². The third-order valence-electron chi connectivity index (χ3n) is 3.02. The SMILES string of the molecule is Fc1cc(C2CNCCO2)ccc1-n1cccn1. The van der Waals surface area contributed by atoms with E-state index in [9.17, 15) is 4.39 Å². The molecule has 18 heavy (non-hydrogen) atoms. The molecule has 1 aliphatic heterocycles. The van der Waals surface area contributed by atoms with Gasteiger partial charge < -0.3 is 10.1 Å². The summed E-state index contributed by atoms with van der Waals surface area (Å²) < 4.78 is 21.1. The Bertz CT molecular complexity index is 521. The summed E-state index contributed by atoms with van der Waals surface area (Å²) in [6.07, 6.45) is 3.28. The van der Waals surface area contributed by atoms with Gasteiger partial charge in [-0.2, -0.15) is 5.10 Å². The molecular formula is C13H14FN3O. The van der Waals surface area contributed by atoms with Crippen LogP contribution in [-0.4, -0.2) is 29.5 Å². The van der Waals surface area contributed by atoms with Gasteiger partial charge in [-0.3, -0.25) is 0 Å². The predicted molar refractivity (Wildman–Crippen MR) is 65.1 cm³/mol. The van der Waals surface area contributed by atoms with E-state index >= 15 is 0 Å². The van der Waals surface area contributed by atoms with Gasteiger partial charge >= 0.3 is 0 Å². The van der Waals surface area contributed by atoms with Crippen LogP contribution in [0.2, 0.25) is 0 Å². The number of benzene rings is 1. The Hall–Kier alpha value is -1.72. The number of aromatic nitrogens is 2. The van der Waals surface area contributed by atoms with Gasteiger partial charge in [-0.1, -0.05) is 6.07 Å². The number of hydrogen-bond donors (Lipinski definition) is 1. The number of morpholine rings is 1. The van der Waals surface area contributed by atoms with Crippen LogP contribution >= 0.6 is 0 Å². The van der Waals surface area contributed by atoms with Crippen molar-refractivity contribution < 1.29 is 9.13 Å². The van der Waals surface area contributed by atoms with E-state index in [1.54, 1.807) is 24.5 Å². The molecule has 1 aromatic heterocycles. The number of nitrogens with one attached hydrogen (secondary N) is 1. The van der Waals surface area contributed by atoms with E-state index in [1.807, 2.05) is 6.07 Å². The van der Waals surface area contributed by atoms with Crippen LogP contribution in [0.4, 0.5) is 4.39 Å². The second-order valence-electron chi connectivity index (χ2n) is 4.23. The fourth-order valence-corrected chi connectivity index (χ4v) is 2.10. The molecule has 0 aliphatic carbocycles. The molecule has 1 atom stereocenters. The zero-order chi connectivity index (χ0) is 12.4. The van der Waals surface area contributed by atoms with Gasteiger partial charge in [-0.15, -0.1) is 0 Å². The molecule has 0 saturated carbocycles. The van der Waals surface area contributed by atoms with Gasteiger partial charge in [0.05, 0.1) is 12.7 Å². The Balaban J connectivity index is 1.89. The molecule has 3 rings (SSSR count). The normalized spacial score (nSPS) is 19.9. The molecule has 94 valence electrons. The molecular weight excluding hydrogens is 233 g/mol. The minimum atomic E-state index is -0.287. The van der Waals surface area contributed by atoms with Crippen LogP contribution in [0.25, 0.3) is 5.69 Å². The first-order valence-electron chi connectivity index (χ1n) is 5.96. The molecule has 1 fully saturated rings.